The van der Waals surface area contributed by atoms with Gasteiger partial charge in [0, 0.05) is 19.0 Å². The van der Waals surface area contributed by atoms with Crippen molar-refractivity contribution in [1.82, 2.24) is 10.2 Å². The normalized spacial score (nSPS) is 11.9. The molecule has 0 unspecified atom stereocenters. The lowest BCUT2D eigenvalue weighted by Gasteiger charge is -2.27. The fraction of sp³-hybridized carbons (Fsp3) is 0.545. The summed E-state index contributed by atoms with van der Waals surface area (Å²) >= 11 is 0. The van der Waals surface area contributed by atoms with Crippen molar-refractivity contribution in [3.8, 4) is 0 Å². The molecule has 0 fully saturated rings. The highest BCUT2D eigenvalue weighted by atomic mass is 16.4. The van der Waals surface area contributed by atoms with Crippen LogP contribution in [0.4, 0.5) is 5.82 Å². The summed E-state index contributed by atoms with van der Waals surface area (Å²) in [5.74, 6) is 1.02. The molecule has 0 aromatic carbocycles. The molecule has 0 spiro atoms. The molecule has 0 aliphatic rings. The second kappa shape index (κ2) is 6.03. The third-order valence-corrected chi connectivity index (χ3v) is 2.44. The molecule has 0 amide bonds. The second-order valence-electron chi connectivity index (χ2n) is 4.16. The maximum absolute atomic E-state index is 8.51. The van der Waals surface area contributed by atoms with Crippen LogP contribution in [0.3, 0.4) is 0 Å². The number of anilines is 1. The molecule has 0 aliphatic carbocycles. The molecule has 0 saturated carbocycles. The van der Waals surface area contributed by atoms with E-state index in [1.54, 1.807) is 0 Å². The van der Waals surface area contributed by atoms with E-state index in [9.17, 15) is 0 Å². The van der Waals surface area contributed by atoms with Crippen LogP contribution in [0.1, 0.15) is 26.0 Å². The SMILES string of the molecule is Cc1ccc(N(CC/C(N)=N/O)C(C)C)nn1. The van der Waals surface area contributed by atoms with E-state index in [0.29, 0.717) is 13.0 Å². The van der Waals surface area contributed by atoms with Crippen molar-refractivity contribution in [3.05, 3.63) is 17.8 Å². The van der Waals surface area contributed by atoms with E-state index in [-0.39, 0.29) is 11.9 Å². The Hall–Kier alpha value is -1.85. The summed E-state index contributed by atoms with van der Waals surface area (Å²) in [6.45, 7) is 6.67. The lowest BCUT2D eigenvalue weighted by molar-refractivity contribution is 0.317. The summed E-state index contributed by atoms with van der Waals surface area (Å²) in [5.41, 5.74) is 6.34. The fourth-order valence-electron chi connectivity index (χ4n) is 1.47. The minimum Gasteiger partial charge on any atom is -0.409 e. The Morgan fingerprint density at radius 1 is 1.47 bits per heavy atom. The van der Waals surface area contributed by atoms with E-state index in [4.69, 9.17) is 10.9 Å². The molecule has 0 radical (unpaired) electrons. The number of hydrogen-bond donors (Lipinski definition) is 2. The highest BCUT2D eigenvalue weighted by Crippen LogP contribution is 2.13. The van der Waals surface area contributed by atoms with Gasteiger partial charge < -0.3 is 15.8 Å². The van der Waals surface area contributed by atoms with E-state index in [2.05, 4.69) is 34.1 Å². The molecule has 17 heavy (non-hydrogen) atoms. The molecule has 1 heterocycles. The van der Waals surface area contributed by atoms with Gasteiger partial charge in [-0.1, -0.05) is 5.16 Å². The van der Waals surface area contributed by atoms with Crippen LogP contribution >= 0.6 is 0 Å². The molecule has 0 atom stereocenters. The lowest BCUT2D eigenvalue weighted by Crippen LogP contribution is -2.34. The second-order valence-corrected chi connectivity index (χ2v) is 4.16. The van der Waals surface area contributed by atoms with E-state index in [1.165, 1.54) is 0 Å². The Labute approximate surface area is 101 Å². The molecule has 0 bridgehead atoms. The Morgan fingerprint density at radius 2 is 2.18 bits per heavy atom. The van der Waals surface area contributed by atoms with Gasteiger partial charge in [0.25, 0.3) is 0 Å². The fourth-order valence-corrected chi connectivity index (χ4v) is 1.47. The van der Waals surface area contributed by atoms with Crippen molar-refractivity contribution in [3.63, 3.8) is 0 Å². The van der Waals surface area contributed by atoms with Crippen molar-refractivity contribution < 1.29 is 5.21 Å². The van der Waals surface area contributed by atoms with Crippen molar-refractivity contribution in [1.29, 1.82) is 0 Å². The average molecular weight is 237 g/mol. The van der Waals surface area contributed by atoms with Gasteiger partial charge >= 0.3 is 0 Å². The standard InChI is InChI=1S/C11H19N5O/c1-8(2)16(7-6-10(12)15-17)11-5-4-9(3)13-14-11/h4-5,8,17H,6-7H2,1-3H3,(H2,12,15). The molecule has 0 saturated heterocycles. The Morgan fingerprint density at radius 3 is 2.65 bits per heavy atom. The molecule has 1 aromatic heterocycles. The highest BCUT2D eigenvalue weighted by Gasteiger charge is 2.12. The maximum Gasteiger partial charge on any atom is 0.151 e. The number of hydrogen-bond acceptors (Lipinski definition) is 5. The number of aryl methyl sites for hydroxylation is 1. The topological polar surface area (TPSA) is 87.6 Å². The zero-order valence-electron chi connectivity index (χ0n) is 10.5. The van der Waals surface area contributed by atoms with Crippen molar-refractivity contribution in [2.24, 2.45) is 10.9 Å². The van der Waals surface area contributed by atoms with Gasteiger partial charge in [0.1, 0.15) is 5.84 Å². The van der Waals surface area contributed by atoms with Crippen LogP contribution < -0.4 is 10.6 Å². The summed E-state index contributed by atoms with van der Waals surface area (Å²) < 4.78 is 0. The molecule has 0 aliphatic heterocycles. The number of aromatic nitrogens is 2. The molecular formula is C11H19N5O. The van der Waals surface area contributed by atoms with Gasteiger partial charge in [-0.2, -0.15) is 5.10 Å². The van der Waals surface area contributed by atoms with Gasteiger partial charge in [-0.05, 0) is 32.9 Å². The molecule has 6 heteroatoms. The van der Waals surface area contributed by atoms with Gasteiger partial charge in [0.05, 0.1) is 5.69 Å². The van der Waals surface area contributed by atoms with Gasteiger partial charge in [-0.25, -0.2) is 0 Å². The van der Waals surface area contributed by atoms with Gasteiger partial charge in [-0.15, -0.1) is 5.10 Å². The average Bonchev–Trinajstić information content (AvgIpc) is 2.31. The third-order valence-electron chi connectivity index (χ3n) is 2.44. The molecule has 3 N–H and O–H groups in total. The van der Waals surface area contributed by atoms with E-state index < -0.39 is 0 Å². The van der Waals surface area contributed by atoms with Gasteiger partial charge in [0.15, 0.2) is 5.82 Å². The first-order valence-electron chi connectivity index (χ1n) is 5.58. The van der Waals surface area contributed by atoms with Crippen LogP contribution in [-0.4, -0.2) is 33.8 Å². The Bertz CT molecular complexity index is 374. The van der Waals surface area contributed by atoms with Crippen LogP contribution in [0.15, 0.2) is 17.3 Å². The quantitative estimate of drug-likeness (QED) is 0.347. The molecule has 1 rings (SSSR count). The van der Waals surface area contributed by atoms with Gasteiger partial charge in [0.2, 0.25) is 0 Å². The number of rotatable bonds is 5. The first-order valence-corrected chi connectivity index (χ1v) is 5.58. The van der Waals surface area contributed by atoms with Crippen LogP contribution in [0, 0.1) is 6.92 Å². The lowest BCUT2D eigenvalue weighted by atomic mass is 10.2. The predicted octanol–water partition coefficient (Wildman–Crippen LogP) is 1.14. The van der Waals surface area contributed by atoms with E-state index >= 15 is 0 Å². The third kappa shape index (κ3) is 3.90. The van der Waals surface area contributed by atoms with E-state index in [0.717, 1.165) is 11.5 Å². The summed E-state index contributed by atoms with van der Waals surface area (Å²) in [6.07, 6.45) is 0.490. The summed E-state index contributed by atoms with van der Waals surface area (Å²) in [5, 5.41) is 19.6. The zero-order valence-corrected chi connectivity index (χ0v) is 10.5. The number of nitrogens with two attached hydrogens (primary N) is 1. The number of nitrogens with zero attached hydrogens (tertiary/aromatic N) is 4. The van der Waals surface area contributed by atoms with E-state index in [1.807, 2.05) is 19.1 Å². The first kappa shape index (κ1) is 13.2. The van der Waals surface area contributed by atoms with Crippen LogP contribution in [0.5, 0.6) is 0 Å². The molecule has 6 nitrogen and oxygen atoms in total. The largest absolute Gasteiger partial charge is 0.409 e. The smallest absolute Gasteiger partial charge is 0.151 e. The highest BCUT2D eigenvalue weighted by molar-refractivity contribution is 5.80. The molecule has 1 aromatic rings. The minimum atomic E-state index is 0.218. The Kier molecular flexibility index (Phi) is 4.68. The monoisotopic (exact) mass is 237 g/mol. The summed E-state index contributed by atoms with van der Waals surface area (Å²) in [7, 11) is 0. The van der Waals surface area contributed by atoms with Crippen molar-refractivity contribution in [2.75, 3.05) is 11.4 Å². The number of amidine groups is 1. The Balaban J connectivity index is 2.75. The summed E-state index contributed by atoms with van der Waals surface area (Å²) in [4.78, 5) is 2.06. The van der Waals surface area contributed by atoms with Crippen molar-refractivity contribution in [2.45, 2.75) is 33.2 Å². The summed E-state index contributed by atoms with van der Waals surface area (Å²) in [6, 6.07) is 4.12. The minimum absolute atomic E-state index is 0.218. The van der Waals surface area contributed by atoms with Gasteiger partial charge in [-0.3, -0.25) is 0 Å². The maximum atomic E-state index is 8.51. The van der Waals surface area contributed by atoms with Crippen LogP contribution in [-0.2, 0) is 0 Å². The van der Waals surface area contributed by atoms with Crippen molar-refractivity contribution >= 4 is 11.7 Å². The predicted molar refractivity (Wildman–Crippen MR) is 67.3 cm³/mol. The number of oxime groups is 1. The molecule has 94 valence electrons. The van der Waals surface area contributed by atoms with Crippen LogP contribution in [0.2, 0.25) is 0 Å². The van der Waals surface area contributed by atoms with Crippen LogP contribution in [0.25, 0.3) is 0 Å². The first-order chi connectivity index (χ1) is 8.04. The zero-order chi connectivity index (χ0) is 12.8. The molecular weight excluding hydrogens is 218 g/mol.